The summed E-state index contributed by atoms with van der Waals surface area (Å²) in [6.07, 6.45) is 4.56. The Morgan fingerprint density at radius 3 is 2.73 bits per heavy atom. The fourth-order valence-electron chi connectivity index (χ4n) is 1.27. The molecule has 0 unspecified atom stereocenters. The van der Waals surface area contributed by atoms with Gasteiger partial charge in [0.15, 0.2) is 0 Å². The maximum absolute atomic E-state index is 11.0. The quantitative estimate of drug-likeness (QED) is 0.917. The van der Waals surface area contributed by atoms with E-state index in [0.717, 1.165) is 10.2 Å². The molecule has 6 heteroatoms. The predicted octanol–water partition coefficient (Wildman–Crippen LogP) is 1.69. The molecule has 1 N–H and O–H groups in total. The average molecular weight is 293 g/mol. The summed E-state index contributed by atoms with van der Waals surface area (Å²) in [4.78, 5) is 3.97. The monoisotopic (exact) mass is 292 g/mol. The van der Waals surface area contributed by atoms with Crippen LogP contribution in [0.3, 0.4) is 0 Å². The molecule has 0 aliphatic rings. The van der Waals surface area contributed by atoms with E-state index in [0.29, 0.717) is 0 Å². The van der Waals surface area contributed by atoms with E-state index in [1.54, 1.807) is 12.4 Å². The zero-order chi connectivity index (χ0) is 11.5. The summed E-state index contributed by atoms with van der Waals surface area (Å²) in [7, 11) is -2.95. The fourth-order valence-corrected chi connectivity index (χ4v) is 2.63. The number of halogens is 1. The smallest absolute Gasteiger partial charge is 0.149 e. The van der Waals surface area contributed by atoms with Crippen LogP contribution < -0.4 is 5.32 Å². The normalized spacial score (nSPS) is 13.5. The van der Waals surface area contributed by atoms with Gasteiger partial charge in [-0.25, -0.2) is 8.42 Å². The van der Waals surface area contributed by atoms with Gasteiger partial charge >= 0.3 is 0 Å². The van der Waals surface area contributed by atoms with Crippen LogP contribution >= 0.6 is 15.9 Å². The lowest BCUT2D eigenvalue weighted by Crippen LogP contribution is -2.24. The maximum atomic E-state index is 11.0. The molecule has 1 atom stereocenters. The molecule has 1 heterocycles. The van der Waals surface area contributed by atoms with Gasteiger partial charge in [-0.05, 0) is 28.9 Å². The molecule has 1 aromatic rings. The number of anilines is 1. The number of sulfone groups is 1. The van der Waals surface area contributed by atoms with E-state index < -0.39 is 9.84 Å². The molecule has 1 aromatic heterocycles. The van der Waals surface area contributed by atoms with Crippen LogP contribution in [0.5, 0.6) is 0 Å². The minimum absolute atomic E-state index is 0.111. The predicted molar refractivity (Wildman–Crippen MR) is 64.7 cm³/mol. The van der Waals surface area contributed by atoms with Gasteiger partial charge in [0.1, 0.15) is 9.84 Å². The molecular formula is C9H13BrN2O2S. The summed E-state index contributed by atoms with van der Waals surface area (Å²) >= 11 is 3.29. The molecule has 0 radical (unpaired) electrons. The summed E-state index contributed by atoms with van der Waals surface area (Å²) in [6.45, 7) is 1.82. The summed E-state index contributed by atoms with van der Waals surface area (Å²) in [6, 6.07) is 1.72. The van der Waals surface area contributed by atoms with Crippen LogP contribution in [0.1, 0.15) is 6.92 Å². The zero-order valence-electron chi connectivity index (χ0n) is 8.57. The van der Waals surface area contributed by atoms with Crippen molar-refractivity contribution in [1.29, 1.82) is 0 Å². The van der Waals surface area contributed by atoms with Gasteiger partial charge in [0, 0.05) is 23.0 Å². The first-order valence-electron chi connectivity index (χ1n) is 4.41. The zero-order valence-corrected chi connectivity index (χ0v) is 11.0. The van der Waals surface area contributed by atoms with E-state index in [1.807, 2.05) is 13.0 Å². The number of pyridine rings is 1. The highest BCUT2D eigenvalue weighted by molar-refractivity contribution is 9.10. The number of hydrogen-bond donors (Lipinski definition) is 1. The minimum atomic E-state index is -2.95. The number of nitrogens with one attached hydrogen (secondary N) is 1. The summed E-state index contributed by atoms with van der Waals surface area (Å²) in [5.74, 6) is 0.111. The third-order valence-electron chi connectivity index (χ3n) is 1.67. The van der Waals surface area contributed by atoms with Crippen LogP contribution in [0.15, 0.2) is 22.9 Å². The second kappa shape index (κ2) is 4.94. The molecule has 0 spiro atoms. The molecule has 0 fully saturated rings. The third kappa shape index (κ3) is 5.13. The van der Waals surface area contributed by atoms with E-state index >= 15 is 0 Å². The molecule has 0 aromatic carbocycles. The van der Waals surface area contributed by atoms with Crippen LogP contribution in [0.4, 0.5) is 5.69 Å². The van der Waals surface area contributed by atoms with E-state index in [9.17, 15) is 8.42 Å². The Morgan fingerprint density at radius 2 is 2.20 bits per heavy atom. The van der Waals surface area contributed by atoms with Crippen molar-refractivity contribution < 1.29 is 8.42 Å². The number of rotatable bonds is 4. The molecule has 1 rings (SSSR count). The highest BCUT2D eigenvalue weighted by atomic mass is 79.9. The summed E-state index contributed by atoms with van der Waals surface area (Å²) in [5, 5.41) is 3.07. The Labute approximate surface area is 98.2 Å². The molecule has 4 nitrogen and oxygen atoms in total. The molecule has 0 aliphatic heterocycles. The second-order valence-corrected chi connectivity index (χ2v) is 6.63. The van der Waals surface area contributed by atoms with Crippen molar-refractivity contribution in [2.45, 2.75) is 13.0 Å². The largest absolute Gasteiger partial charge is 0.380 e. The lowest BCUT2D eigenvalue weighted by molar-refractivity contribution is 0.598. The molecule has 0 aliphatic carbocycles. The van der Waals surface area contributed by atoms with Crippen molar-refractivity contribution in [3.05, 3.63) is 22.9 Å². The number of nitrogens with zero attached hydrogens (tertiary/aromatic N) is 1. The van der Waals surface area contributed by atoms with Crippen LogP contribution in [0.25, 0.3) is 0 Å². The summed E-state index contributed by atoms with van der Waals surface area (Å²) in [5.41, 5.74) is 0.806. The Morgan fingerprint density at radius 1 is 1.53 bits per heavy atom. The van der Waals surface area contributed by atoms with Crippen molar-refractivity contribution >= 4 is 31.5 Å². The molecule has 0 amide bonds. The van der Waals surface area contributed by atoms with Crippen LogP contribution in [0, 0.1) is 0 Å². The SMILES string of the molecule is C[C@H](CS(C)(=O)=O)Nc1cncc(Br)c1. The topological polar surface area (TPSA) is 59.1 Å². The highest BCUT2D eigenvalue weighted by Crippen LogP contribution is 2.14. The first-order valence-corrected chi connectivity index (χ1v) is 7.27. The van der Waals surface area contributed by atoms with Crippen molar-refractivity contribution in [3.8, 4) is 0 Å². The maximum Gasteiger partial charge on any atom is 0.149 e. The first-order chi connectivity index (χ1) is 6.87. The second-order valence-electron chi connectivity index (χ2n) is 3.53. The van der Waals surface area contributed by atoms with Crippen molar-refractivity contribution in [2.75, 3.05) is 17.3 Å². The lowest BCUT2D eigenvalue weighted by atomic mass is 10.3. The summed E-state index contributed by atoms with van der Waals surface area (Å²) < 4.78 is 22.9. The minimum Gasteiger partial charge on any atom is -0.380 e. The molecule has 84 valence electrons. The van der Waals surface area contributed by atoms with Crippen LogP contribution in [0.2, 0.25) is 0 Å². The van der Waals surface area contributed by atoms with Gasteiger partial charge in [0.2, 0.25) is 0 Å². The number of aromatic nitrogens is 1. The van der Waals surface area contributed by atoms with Gasteiger partial charge in [-0.1, -0.05) is 0 Å². The molecule has 0 bridgehead atoms. The molecule has 0 saturated heterocycles. The van der Waals surface area contributed by atoms with Crippen molar-refractivity contribution in [3.63, 3.8) is 0 Å². The Bertz CT molecular complexity index is 433. The van der Waals surface area contributed by atoms with E-state index in [4.69, 9.17) is 0 Å². The van der Waals surface area contributed by atoms with E-state index in [1.165, 1.54) is 6.26 Å². The van der Waals surface area contributed by atoms with Crippen molar-refractivity contribution in [1.82, 2.24) is 4.98 Å². The Balaban J connectivity index is 2.63. The highest BCUT2D eigenvalue weighted by Gasteiger charge is 2.10. The van der Waals surface area contributed by atoms with Gasteiger partial charge in [-0.2, -0.15) is 0 Å². The molecule has 0 saturated carbocycles. The van der Waals surface area contributed by atoms with E-state index in [-0.39, 0.29) is 11.8 Å². The Kier molecular flexibility index (Phi) is 4.10. The first kappa shape index (κ1) is 12.4. The van der Waals surface area contributed by atoms with Gasteiger partial charge in [0.25, 0.3) is 0 Å². The average Bonchev–Trinajstić information content (AvgIpc) is 1.99. The number of hydrogen-bond acceptors (Lipinski definition) is 4. The van der Waals surface area contributed by atoms with E-state index in [2.05, 4.69) is 26.2 Å². The lowest BCUT2D eigenvalue weighted by Gasteiger charge is -2.13. The van der Waals surface area contributed by atoms with Gasteiger partial charge in [-0.15, -0.1) is 0 Å². The van der Waals surface area contributed by atoms with Gasteiger partial charge < -0.3 is 5.32 Å². The Hall–Kier alpha value is -0.620. The van der Waals surface area contributed by atoms with Crippen LogP contribution in [-0.2, 0) is 9.84 Å². The molecule has 15 heavy (non-hydrogen) atoms. The van der Waals surface area contributed by atoms with Crippen LogP contribution in [-0.4, -0.2) is 31.5 Å². The van der Waals surface area contributed by atoms with Gasteiger partial charge in [0.05, 0.1) is 17.6 Å². The standard InChI is InChI=1S/C9H13BrN2O2S/c1-7(6-15(2,13)14)12-9-3-8(10)4-11-5-9/h3-5,7,12H,6H2,1-2H3/t7-/m1/s1. The van der Waals surface area contributed by atoms with Gasteiger partial charge in [-0.3, -0.25) is 4.98 Å². The van der Waals surface area contributed by atoms with Crippen molar-refractivity contribution in [2.24, 2.45) is 0 Å². The fraction of sp³-hybridized carbons (Fsp3) is 0.444. The third-order valence-corrected chi connectivity index (χ3v) is 3.21. The molecular weight excluding hydrogens is 280 g/mol.